The number of benzene rings is 6. The predicted octanol–water partition coefficient (Wildman–Crippen LogP) is 11.7. The zero-order chi connectivity index (χ0) is 32.5. The van der Waals surface area contributed by atoms with Crippen molar-refractivity contribution in [1.29, 1.82) is 0 Å². The van der Waals surface area contributed by atoms with Crippen LogP contribution in [0.4, 0.5) is 0 Å². The van der Waals surface area contributed by atoms with Crippen molar-refractivity contribution in [3.63, 3.8) is 0 Å². The van der Waals surface area contributed by atoms with Crippen LogP contribution in [0.15, 0.2) is 146 Å². The van der Waals surface area contributed by atoms with E-state index in [0.29, 0.717) is 0 Å². The van der Waals surface area contributed by atoms with Crippen molar-refractivity contribution in [3.8, 4) is 67.0 Å². The van der Waals surface area contributed by atoms with Crippen LogP contribution < -0.4 is 0 Å². The summed E-state index contributed by atoms with van der Waals surface area (Å²) in [5.41, 5.74) is 17.8. The lowest BCUT2D eigenvalue weighted by molar-refractivity contribution is 1.39. The zero-order valence-corrected chi connectivity index (χ0v) is 26.6. The number of rotatable bonds is 2. The highest BCUT2D eigenvalue weighted by molar-refractivity contribution is 6.23. The fraction of sp³-hybridized carbons (Fsp3) is 0. The molecule has 0 atom stereocenters. The van der Waals surface area contributed by atoms with Gasteiger partial charge in [0, 0.05) is 55.8 Å². The van der Waals surface area contributed by atoms with Crippen molar-refractivity contribution in [3.05, 3.63) is 146 Å². The molecule has 0 amide bonds. The lowest BCUT2D eigenvalue weighted by Crippen LogP contribution is -1.95. The van der Waals surface area contributed by atoms with E-state index in [2.05, 4.69) is 121 Å². The van der Waals surface area contributed by atoms with Gasteiger partial charge in [-0.15, -0.1) is 0 Å². The summed E-state index contributed by atoms with van der Waals surface area (Å²) in [6.07, 6.45) is 3.77. The average molecular weight is 633 g/mol. The molecule has 6 aromatic carbocycles. The molecule has 0 fully saturated rings. The Morgan fingerprint density at radius 2 is 0.720 bits per heavy atom. The van der Waals surface area contributed by atoms with Gasteiger partial charge in [-0.25, -0.2) is 9.97 Å². The molecule has 0 N–H and O–H groups in total. The van der Waals surface area contributed by atoms with E-state index in [1.165, 1.54) is 55.3 Å². The molecule has 0 saturated carbocycles. The average Bonchev–Trinajstić information content (AvgIpc) is 3.68. The molecule has 0 radical (unpaired) electrons. The van der Waals surface area contributed by atoms with Crippen LogP contribution in [0.5, 0.6) is 0 Å². The van der Waals surface area contributed by atoms with E-state index in [1.807, 2.05) is 24.5 Å². The molecule has 0 unspecified atom stereocenters. The molecule has 0 saturated heterocycles. The number of aromatic nitrogens is 4. The molecule has 0 aliphatic heterocycles. The molecule has 4 heteroatoms. The second-order valence-electron chi connectivity index (χ2n) is 13.3. The van der Waals surface area contributed by atoms with Gasteiger partial charge in [0.1, 0.15) is 0 Å². The van der Waals surface area contributed by atoms with Gasteiger partial charge in [0.25, 0.3) is 0 Å². The highest BCUT2D eigenvalue weighted by Gasteiger charge is 2.26. The summed E-state index contributed by atoms with van der Waals surface area (Å²) >= 11 is 0. The first-order valence-corrected chi connectivity index (χ1v) is 17.0. The summed E-state index contributed by atoms with van der Waals surface area (Å²) in [4.78, 5) is 20.7. The van der Waals surface area contributed by atoms with Crippen LogP contribution in [-0.2, 0) is 0 Å². The lowest BCUT2D eigenvalue weighted by Gasteiger charge is -2.15. The van der Waals surface area contributed by atoms with E-state index in [4.69, 9.17) is 19.9 Å². The molecule has 2 aliphatic carbocycles. The van der Waals surface area contributed by atoms with Crippen LogP contribution in [-0.4, -0.2) is 19.9 Å². The Balaban J connectivity index is 1.15. The third kappa shape index (κ3) is 3.34. The maximum atomic E-state index is 5.31. The molecular formula is C46H24N4. The molecule has 4 heterocycles. The van der Waals surface area contributed by atoms with E-state index in [1.54, 1.807) is 0 Å². The first kappa shape index (κ1) is 26.2. The summed E-state index contributed by atoms with van der Waals surface area (Å²) in [5, 5.41) is 6.67. The SMILES string of the molecule is c1ccc2c(c1)-c1cccc3nc(-c4cc5c(cc(-c6cc7c8c(cccc8n6)-c6ccccc6-7)c6cccnc65)c5ncccc45)cc-2c13. The summed E-state index contributed by atoms with van der Waals surface area (Å²) < 4.78 is 0. The van der Waals surface area contributed by atoms with E-state index >= 15 is 0 Å². The molecule has 228 valence electrons. The number of fused-ring (bicyclic) bond motifs is 11. The van der Waals surface area contributed by atoms with E-state index in [0.717, 1.165) is 66.1 Å². The van der Waals surface area contributed by atoms with Crippen LogP contribution in [0.3, 0.4) is 0 Å². The van der Waals surface area contributed by atoms with E-state index in [9.17, 15) is 0 Å². The molecular weight excluding hydrogens is 609 g/mol. The number of nitrogens with zero attached hydrogens (tertiary/aromatic N) is 4. The second kappa shape index (κ2) is 9.43. The van der Waals surface area contributed by atoms with Crippen LogP contribution in [0.1, 0.15) is 0 Å². The molecule has 12 rings (SSSR count). The third-order valence-electron chi connectivity index (χ3n) is 10.8. The monoisotopic (exact) mass is 632 g/mol. The van der Waals surface area contributed by atoms with Gasteiger partial charge >= 0.3 is 0 Å². The standard InChI is InChI=1S/C46H24N4/c1-3-11-27-25(9-1)29-13-5-17-39-43(29)35(27)23-41(49-39)33-21-37-38(45-31(33)15-7-19-47-45)22-34(32-16-8-20-48-46(32)37)42-24-36-28-12-4-2-10-26(28)30-14-6-18-40(50-42)44(30)36/h1-24H. The van der Waals surface area contributed by atoms with Crippen molar-refractivity contribution in [1.82, 2.24) is 19.9 Å². The van der Waals surface area contributed by atoms with Gasteiger partial charge < -0.3 is 0 Å². The summed E-state index contributed by atoms with van der Waals surface area (Å²) in [5.74, 6) is 0. The number of hydrogen-bond acceptors (Lipinski definition) is 4. The summed E-state index contributed by atoms with van der Waals surface area (Å²) in [7, 11) is 0. The second-order valence-corrected chi connectivity index (χ2v) is 13.3. The van der Waals surface area contributed by atoms with Crippen LogP contribution in [0.2, 0.25) is 0 Å². The smallest absolute Gasteiger partial charge is 0.0788 e. The molecule has 2 aliphatic rings. The molecule has 10 aromatic rings. The van der Waals surface area contributed by atoms with Gasteiger partial charge in [0.05, 0.1) is 33.5 Å². The predicted molar refractivity (Wildman–Crippen MR) is 205 cm³/mol. The Labute approximate surface area is 286 Å². The van der Waals surface area contributed by atoms with Gasteiger partial charge in [-0.3, -0.25) is 9.97 Å². The van der Waals surface area contributed by atoms with Crippen LogP contribution in [0, 0.1) is 0 Å². The first-order valence-electron chi connectivity index (χ1n) is 17.0. The van der Waals surface area contributed by atoms with Gasteiger partial charge in [-0.2, -0.15) is 0 Å². The Bertz CT molecular complexity index is 2950. The Kier molecular flexibility index (Phi) is 4.94. The molecule has 4 aromatic heterocycles. The summed E-state index contributed by atoms with van der Waals surface area (Å²) in [6.45, 7) is 0. The quantitative estimate of drug-likeness (QED) is 0.178. The topological polar surface area (TPSA) is 51.6 Å². The van der Waals surface area contributed by atoms with Crippen molar-refractivity contribution in [2.75, 3.05) is 0 Å². The van der Waals surface area contributed by atoms with Crippen molar-refractivity contribution in [2.24, 2.45) is 0 Å². The molecule has 4 nitrogen and oxygen atoms in total. The van der Waals surface area contributed by atoms with Crippen molar-refractivity contribution >= 4 is 54.4 Å². The fourth-order valence-electron chi connectivity index (χ4n) is 8.72. The Morgan fingerprint density at radius 3 is 1.18 bits per heavy atom. The van der Waals surface area contributed by atoms with Gasteiger partial charge in [-0.05, 0) is 93.0 Å². The highest BCUT2D eigenvalue weighted by Crippen LogP contribution is 2.50. The van der Waals surface area contributed by atoms with Gasteiger partial charge in [0.2, 0.25) is 0 Å². The fourth-order valence-corrected chi connectivity index (χ4v) is 8.72. The highest BCUT2D eigenvalue weighted by atomic mass is 14.7. The largest absolute Gasteiger partial charge is 0.256 e. The van der Waals surface area contributed by atoms with Crippen molar-refractivity contribution in [2.45, 2.75) is 0 Å². The molecule has 0 bridgehead atoms. The van der Waals surface area contributed by atoms with Gasteiger partial charge in [-0.1, -0.05) is 84.9 Å². The minimum atomic E-state index is 0.930. The Morgan fingerprint density at radius 1 is 0.300 bits per heavy atom. The molecule has 50 heavy (non-hydrogen) atoms. The zero-order valence-electron chi connectivity index (χ0n) is 26.6. The third-order valence-corrected chi connectivity index (χ3v) is 10.8. The Hall–Kier alpha value is -6.78. The van der Waals surface area contributed by atoms with Crippen LogP contribution in [0.25, 0.3) is 121 Å². The maximum absolute atomic E-state index is 5.31. The summed E-state index contributed by atoms with van der Waals surface area (Å²) in [6, 6.07) is 47.7. The first-order chi connectivity index (χ1) is 24.8. The van der Waals surface area contributed by atoms with E-state index < -0.39 is 0 Å². The minimum Gasteiger partial charge on any atom is -0.256 e. The number of hydrogen-bond donors (Lipinski definition) is 0. The van der Waals surface area contributed by atoms with Gasteiger partial charge in [0.15, 0.2) is 0 Å². The van der Waals surface area contributed by atoms with Crippen LogP contribution >= 0.6 is 0 Å². The van der Waals surface area contributed by atoms with Crippen molar-refractivity contribution < 1.29 is 0 Å². The number of pyridine rings is 4. The normalized spacial score (nSPS) is 12.4. The molecule has 0 spiro atoms. The lowest BCUT2D eigenvalue weighted by atomic mass is 9.92. The minimum absolute atomic E-state index is 0.930. The van der Waals surface area contributed by atoms with E-state index in [-0.39, 0.29) is 0 Å². The maximum Gasteiger partial charge on any atom is 0.0788 e.